The molecular weight excluding hydrogens is 412 g/mol. The zero-order valence-corrected chi connectivity index (χ0v) is 18.5. The van der Waals surface area contributed by atoms with Crippen molar-refractivity contribution < 1.29 is 9.53 Å². The minimum atomic E-state index is -0.754. The molecule has 0 aliphatic rings. The van der Waals surface area contributed by atoms with Crippen molar-refractivity contribution in [1.29, 1.82) is 0 Å². The van der Waals surface area contributed by atoms with Crippen LogP contribution in [0.4, 0.5) is 0 Å². The second-order valence-corrected chi connectivity index (χ2v) is 7.57. The van der Waals surface area contributed by atoms with E-state index in [4.69, 9.17) is 9.84 Å². The maximum absolute atomic E-state index is 12.2. The van der Waals surface area contributed by atoms with Crippen LogP contribution in [-0.4, -0.2) is 40.1 Å². The van der Waals surface area contributed by atoms with Gasteiger partial charge in [-0.25, -0.2) is 14.5 Å². The van der Waals surface area contributed by atoms with E-state index in [0.717, 1.165) is 16.7 Å². The minimum absolute atomic E-state index is 0.212. The fourth-order valence-corrected chi connectivity index (χ4v) is 4.12. The van der Waals surface area contributed by atoms with Crippen LogP contribution in [-0.2, 0) is 21.5 Å². The first-order valence-electron chi connectivity index (χ1n) is 10.9. The average molecular weight is 439 g/mol. The number of benzene rings is 3. The fraction of sp³-hybridized carbons (Fsp3) is 0.185. The van der Waals surface area contributed by atoms with Crippen LogP contribution < -0.4 is 0 Å². The first-order chi connectivity index (χ1) is 16.2. The van der Waals surface area contributed by atoms with Crippen molar-refractivity contribution in [3.63, 3.8) is 0 Å². The van der Waals surface area contributed by atoms with E-state index in [1.807, 2.05) is 59.3 Å². The summed E-state index contributed by atoms with van der Waals surface area (Å²) in [6.45, 7) is 5.59. The van der Waals surface area contributed by atoms with Gasteiger partial charge in [0.05, 0.1) is 6.61 Å². The molecule has 1 unspecified atom stereocenters. The van der Waals surface area contributed by atoms with Gasteiger partial charge in [0.15, 0.2) is 11.9 Å². The first kappa shape index (κ1) is 22.1. The molecule has 0 fully saturated rings. The van der Waals surface area contributed by atoms with Gasteiger partial charge >= 0.3 is 5.97 Å². The molecule has 0 spiro atoms. The maximum Gasteiger partial charge on any atom is 0.331 e. The van der Waals surface area contributed by atoms with Crippen molar-refractivity contribution in [2.75, 3.05) is 6.61 Å². The molecule has 4 rings (SSSR count). The maximum atomic E-state index is 12.2. The highest BCUT2D eigenvalue weighted by Gasteiger charge is 2.39. The molecule has 0 amide bonds. The van der Waals surface area contributed by atoms with Crippen molar-refractivity contribution in [2.45, 2.75) is 24.9 Å². The number of aromatic nitrogens is 3. The quantitative estimate of drug-likeness (QED) is 0.222. The van der Waals surface area contributed by atoms with Gasteiger partial charge in [0.2, 0.25) is 0 Å². The summed E-state index contributed by atoms with van der Waals surface area (Å²) in [6.07, 6.45) is 1.93. The number of rotatable bonds is 9. The van der Waals surface area contributed by atoms with Gasteiger partial charge in [-0.05, 0) is 30.3 Å². The Labute approximate surface area is 193 Å². The first-order valence-corrected chi connectivity index (χ1v) is 10.9. The molecule has 0 bridgehead atoms. The normalized spacial score (nSPS) is 12.2. The van der Waals surface area contributed by atoms with Crippen LogP contribution in [0.5, 0.6) is 0 Å². The van der Waals surface area contributed by atoms with E-state index < -0.39 is 17.6 Å². The third-order valence-electron chi connectivity index (χ3n) is 5.61. The van der Waals surface area contributed by atoms with E-state index in [0.29, 0.717) is 5.82 Å². The largest absolute Gasteiger partial charge is 0.464 e. The number of carbonyl (C=O) groups excluding carboxylic acids is 1. The molecule has 3 aromatic carbocycles. The molecule has 0 aliphatic heterocycles. The Hall–Kier alpha value is -4.06. The summed E-state index contributed by atoms with van der Waals surface area (Å²) >= 11 is 0. The molecule has 0 saturated carbocycles. The third kappa shape index (κ3) is 4.32. The van der Waals surface area contributed by atoms with Crippen LogP contribution in [0.3, 0.4) is 0 Å². The molecule has 0 N–H and O–H groups in total. The summed E-state index contributed by atoms with van der Waals surface area (Å²) in [7, 11) is 0. The molecule has 4 aromatic rings. The Kier molecular flexibility index (Phi) is 6.74. The smallest absolute Gasteiger partial charge is 0.331 e. The van der Waals surface area contributed by atoms with Crippen LogP contribution in [0, 0.1) is 0 Å². The van der Waals surface area contributed by atoms with E-state index >= 15 is 0 Å². The molecular formula is C27H26N4O2. The monoisotopic (exact) mass is 438 g/mol. The predicted octanol–water partition coefficient (Wildman–Crippen LogP) is 4.29. The van der Waals surface area contributed by atoms with E-state index in [1.54, 1.807) is 13.3 Å². The Morgan fingerprint density at radius 3 is 1.85 bits per heavy atom. The van der Waals surface area contributed by atoms with Crippen LogP contribution >= 0.6 is 0 Å². The molecule has 0 aliphatic carbocycles. The predicted molar refractivity (Wildman–Crippen MR) is 128 cm³/mol. The van der Waals surface area contributed by atoms with Gasteiger partial charge in [-0.1, -0.05) is 91.0 Å². The van der Waals surface area contributed by atoms with Gasteiger partial charge in [-0.2, -0.15) is 5.10 Å². The minimum Gasteiger partial charge on any atom is -0.464 e. The Morgan fingerprint density at radius 2 is 1.42 bits per heavy atom. The van der Waals surface area contributed by atoms with Crippen LogP contribution in [0.15, 0.2) is 102 Å². The van der Waals surface area contributed by atoms with Crippen molar-refractivity contribution in [1.82, 2.24) is 14.8 Å². The summed E-state index contributed by atoms with van der Waals surface area (Å²) in [4.78, 5) is 20.7. The average Bonchev–Trinajstić information content (AvgIpc) is 3.34. The highest BCUT2D eigenvalue weighted by molar-refractivity contribution is 5.77. The molecule has 1 atom stereocenters. The lowest BCUT2D eigenvalue weighted by atomic mass is 9.77. The SMILES string of the molecule is C=NC(Cc1ncn(C(c2ccccc2)(c2ccccc2)c2ccccc2)n1)C(=O)OCC. The Morgan fingerprint density at radius 1 is 0.939 bits per heavy atom. The number of nitrogens with zero attached hydrogens (tertiary/aromatic N) is 4. The molecule has 166 valence electrons. The lowest BCUT2D eigenvalue weighted by Crippen LogP contribution is -2.38. The highest BCUT2D eigenvalue weighted by atomic mass is 16.5. The van der Waals surface area contributed by atoms with Gasteiger partial charge in [-0.3, -0.25) is 4.99 Å². The van der Waals surface area contributed by atoms with Gasteiger partial charge < -0.3 is 4.74 Å². The third-order valence-corrected chi connectivity index (χ3v) is 5.61. The molecule has 1 heterocycles. The van der Waals surface area contributed by atoms with Crippen molar-refractivity contribution in [3.05, 3.63) is 120 Å². The number of carbonyl (C=O) groups is 1. The second-order valence-electron chi connectivity index (χ2n) is 7.57. The van der Waals surface area contributed by atoms with E-state index in [1.165, 1.54) is 0 Å². The standard InChI is InChI=1S/C27H26N4O2/c1-3-33-26(32)24(28-2)19-25-29-20-31(30-25)27(21-13-7-4-8-14-21,22-15-9-5-10-16-22)23-17-11-6-12-18-23/h4-18,20,24H,2-3,19H2,1H3. The summed E-state index contributed by atoms with van der Waals surface area (Å²) in [5.74, 6) is 0.0666. The number of aliphatic imine (C=N–C) groups is 1. The van der Waals surface area contributed by atoms with Crippen LogP contribution in [0.2, 0.25) is 0 Å². The van der Waals surface area contributed by atoms with Crippen molar-refractivity contribution >= 4 is 12.7 Å². The lowest BCUT2D eigenvalue weighted by molar-refractivity contribution is -0.144. The molecule has 33 heavy (non-hydrogen) atoms. The lowest BCUT2D eigenvalue weighted by Gasteiger charge is -2.35. The molecule has 6 nitrogen and oxygen atoms in total. The van der Waals surface area contributed by atoms with E-state index in [2.05, 4.69) is 53.1 Å². The molecule has 0 saturated heterocycles. The van der Waals surface area contributed by atoms with E-state index in [-0.39, 0.29) is 13.0 Å². The Balaban J connectivity index is 1.88. The molecule has 0 radical (unpaired) electrons. The summed E-state index contributed by atoms with van der Waals surface area (Å²) in [5, 5.41) is 4.85. The van der Waals surface area contributed by atoms with Gasteiger partial charge in [0, 0.05) is 6.42 Å². The Bertz CT molecular complexity index is 1090. The molecule has 6 heteroatoms. The highest BCUT2D eigenvalue weighted by Crippen LogP contribution is 2.40. The van der Waals surface area contributed by atoms with Gasteiger partial charge in [-0.15, -0.1) is 0 Å². The van der Waals surface area contributed by atoms with Gasteiger partial charge in [0.25, 0.3) is 0 Å². The number of ether oxygens (including phenoxy) is 1. The van der Waals surface area contributed by atoms with Gasteiger partial charge in [0.1, 0.15) is 11.9 Å². The molecule has 1 aromatic heterocycles. The van der Waals surface area contributed by atoms with Crippen molar-refractivity contribution in [3.8, 4) is 0 Å². The number of hydrogen-bond donors (Lipinski definition) is 0. The second kappa shape index (κ2) is 10.0. The van der Waals surface area contributed by atoms with Crippen molar-refractivity contribution in [2.24, 2.45) is 4.99 Å². The van der Waals surface area contributed by atoms with Crippen LogP contribution in [0.25, 0.3) is 0 Å². The van der Waals surface area contributed by atoms with E-state index in [9.17, 15) is 4.79 Å². The van der Waals surface area contributed by atoms with Crippen LogP contribution in [0.1, 0.15) is 29.4 Å². The zero-order chi connectivity index (χ0) is 23.1. The number of hydrogen-bond acceptors (Lipinski definition) is 5. The zero-order valence-electron chi connectivity index (χ0n) is 18.5. The number of esters is 1. The summed E-state index contributed by atoms with van der Waals surface area (Å²) in [6, 6.07) is 29.9. The topological polar surface area (TPSA) is 69.4 Å². The summed E-state index contributed by atoms with van der Waals surface area (Å²) < 4.78 is 6.98. The summed E-state index contributed by atoms with van der Waals surface area (Å²) in [5.41, 5.74) is 2.38. The fourth-order valence-electron chi connectivity index (χ4n) is 4.12.